The van der Waals surface area contributed by atoms with E-state index in [4.69, 9.17) is 19.7 Å². The first-order chi connectivity index (χ1) is 13.6. The maximum atomic E-state index is 12.3. The molecule has 2 heterocycles. The van der Waals surface area contributed by atoms with Crippen molar-refractivity contribution in [1.82, 2.24) is 14.9 Å². The lowest BCUT2D eigenvalue weighted by Crippen LogP contribution is -2.16. The van der Waals surface area contributed by atoms with Gasteiger partial charge in [-0.3, -0.25) is 4.79 Å². The summed E-state index contributed by atoms with van der Waals surface area (Å²) in [5, 5.41) is 11.2. The summed E-state index contributed by atoms with van der Waals surface area (Å²) in [6.07, 6.45) is 1.53. The first kappa shape index (κ1) is 19.6. The van der Waals surface area contributed by atoms with Crippen LogP contribution in [0.3, 0.4) is 0 Å². The molecule has 0 bridgehead atoms. The summed E-state index contributed by atoms with van der Waals surface area (Å²) in [6.45, 7) is 4.81. The van der Waals surface area contributed by atoms with Gasteiger partial charge in [-0.25, -0.2) is 4.68 Å². The minimum absolute atomic E-state index is 0.116. The number of ether oxygens (including phenoxy) is 2. The predicted molar refractivity (Wildman–Crippen MR) is 106 cm³/mol. The van der Waals surface area contributed by atoms with Crippen LogP contribution < -0.4 is 20.6 Å². The molecule has 1 amide bonds. The Morgan fingerprint density at radius 2 is 2.00 bits per heavy atom. The van der Waals surface area contributed by atoms with Gasteiger partial charge in [-0.2, -0.15) is 0 Å². The second-order valence-electron chi connectivity index (χ2n) is 5.52. The van der Waals surface area contributed by atoms with Gasteiger partial charge in [-0.1, -0.05) is 11.8 Å². The molecule has 3 aromatic rings. The molecule has 3 N–H and O–H groups in total. The molecule has 1 aromatic carbocycles. The average molecular weight is 403 g/mol. The molecule has 0 spiro atoms. The molecule has 0 radical (unpaired) electrons. The zero-order chi connectivity index (χ0) is 19.9. The van der Waals surface area contributed by atoms with Crippen molar-refractivity contribution in [2.75, 3.05) is 30.1 Å². The smallest absolute Gasteiger partial charge is 0.234 e. The van der Waals surface area contributed by atoms with Crippen LogP contribution >= 0.6 is 11.8 Å². The van der Waals surface area contributed by atoms with Gasteiger partial charge in [0.15, 0.2) is 17.3 Å². The number of hydrogen-bond donors (Lipinski definition) is 2. The number of thioether (sulfide) groups is 1. The highest BCUT2D eigenvalue weighted by Gasteiger charge is 2.16. The number of amides is 1. The van der Waals surface area contributed by atoms with Crippen molar-refractivity contribution in [2.45, 2.75) is 19.0 Å². The number of anilines is 1. The van der Waals surface area contributed by atoms with Crippen molar-refractivity contribution in [3.63, 3.8) is 0 Å². The number of hydrogen-bond acceptors (Lipinski definition) is 8. The fourth-order valence-electron chi connectivity index (χ4n) is 2.41. The number of nitrogens with one attached hydrogen (secondary N) is 1. The molecule has 28 heavy (non-hydrogen) atoms. The second kappa shape index (κ2) is 9.18. The Kier molecular flexibility index (Phi) is 6.43. The third-order valence-corrected chi connectivity index (χ3v) is 4.51. The van der Waals surface area contributed by atoms with Crippen molar-refractivity contribution in [1.29, 1.82) is 0 Å². The molecule has 148 valence electrons. The van der Waals surface area contributed by atoms with Crippen LogP contribution in [0, 0.1) is 0 Å². The van der Waals surface area contributed by atoms with E-state index in [0.29, 0.717) is 47.1 Å². The molecular weight excluding hydrogens is 382 g/mol. The summed E-state index contributed by atoms with van der Waals surface area (Å²) in [7, 11) is 0. The standard InChI is InChI=1S/C18H21N5O4S/c1-3-25-13-8-7-12(10-15(13)26-4-2)20-16(24)11-28-18-22-21-17(23(18)19)14-6-5-9-27-14/h5-10H,3-4,11,19H2,1-2H3,(H,20,24). The van der Waals surface area contributed by atoms with Crippen molar-refractivity contribution < 1.29 is 18.7 Å². The van der Waals surface area contributed by atoms with E-state index in [9.17, 15) is 4.79 Å². The SMILES string of the molecule is CCOc1ccc(NC(=O)CSc2nnc(-c3ccco3)n2N)cc1OCC. The van der Waals surface area contributed by atoms with Gasteiger partial charge in [-0.15, -0.1) is 10.2 Å². The Hall–Kier alpha value is -3.14. The lowest BCUT2D eigenvalue weighted by Gasteiger charge is -2.13. The molecule has 3 rings (SSSR count). The fraction of sp³-hybridized carbons (Fsp3) is 0.278. The number of furan rings is 1. The maximum absolute atomic E-state index is 12.3. The van der Waals surface area contributed by atoms with Gasteiger partial charge in [-0.05, 0) is 38.1 Å². The van der Waals surface area contributed by atoms with E-state index in [0.717, 1.165) is 0 Å². The van der Waals surface area contributed by atoms with E-state index in [-0.39, 0.29) is 11.7 Å². The van der Waals surface area contributed by atoms with Crippen LogP contribution in [0.25, 0.3) is 11.6 Å². The van der Waals surface area contributed by atoms with E-state index >= 15 is 0 Å². The third-order valence-electron chi connectivity index (χ3n) is 3.57. The molecule has 0 aliphatic rings. The van der Waals surface area contributed by atoms with Gasteiger partial charge in [0.1, 0.15) is 0 Å². The average Bonchev–Trinajstić information content (AvgIpc) is 3.32. The Morgan fingerprint density at radius 1 is 1.21 bits per heavy atom. The number of nitrogens with zero attached hydrogens (tertiary/aromatic N) is 3. The van der Waals surface area contributed by atoms with Gasteiger partial charge in [0, 0.05) is 11.8 Å². The highest BCUT2D eigenvalue weighted by Crippen LogP contribution is 2.31. The summed E-state index contributed by atoms with van der Waals surface area (Å²) in [5.41, 5.74) is 0.614. The number of carbonyl (C=O) groups excluding carboxylic acids is 1. The Labute approximate surface area is 166 Å². The number of rotatable bonds is 9. The molecule has 0 fully saturated rings. The molecule has 10 heteroatoms. The summed E-state index contributed by atoms with van der Waals surface area (Å²) in [6, 6.07) is 8.73. The lowest BCUT2D eigenvalue weighted by molar-refractivity contribution is -0.113. The third kappa shape index (κ3) is 4.58. The van der Waals surface area contributed by atoms with E-state index in [1.165, 1.54) is 22.7 Å². The second-order valence-corrected chi connectivity index (χ2v) is 6.46. The summed E-state index contributed by atoms with van der Waals surface area (Å²) in [4.78, 5) is 12.3. The molecule has 0 saturated carbocycles. The fourth-order valence-corrected chi connectivity index (χ4v) is 3.06. The van der Waals surface area contributed by atoms with Crippen molar-refractivity contribution >= 4 is 23.4 Å². The normalized spacial score (nSPS) is 10.6. The van der Waals surface area contributed by atoms with Crippen molar-refractivity contribution in [3.05, 3.63) is 36.6 Å². The molecule has 0 atom stereocenters. The molecule has 0 aliphatic heterocycles. The van der Waals surface area contributed by atoms with Gasteiger partial charge >= 0.3 is 0 Å². The largest absolute Gasteiger partial charge is 0.490 e. The lowest BCUT2D eigenvalue weighted by atomic mass is 10.2. The van der Waals surface area contributed by atoms with E-state index in [1.54, 1.807) is 30.3 Å². The summed E-state index contributed by atoms with van der Waals surface area (Å²) >= 11 is 1.17. The maximum Gasteiger partial charge on any atom is 0.234 e. The Bertz CT molecular complexity index is 926. The molecule has 0 unspecified atom stereocenters. The monoisotopic (exact) mass is 403 g/mol. The van der Waals surface area contributed by atoms with Gasteiger partial charge in [0.2, 0.25) is 16.9 Å². The first-order valence-corrected chi connectivity index (χ1v) is 9.67. The molecule has 9 nitrogen and oxygen atoms in total. The zero-order valence-corrected chi connectivity index (χ0v) is 16.4. The van der Waals surface area contributed by atoms with E-state index in [2.05, 4.69) is 15.5 Å². The summed E-state index contributed by atoms with van der Waals surface area (Å²) in [5.74, 6) is 8.00. The minimum Gasteiger partial charge on any atom is -0.490 e. The molecular formula is C18H21N5O4S. The highest BCUT2D eigenvalue weighted by atomic mass is 32.2. The first-order valence-electron chi connectivity index (χ1n) is 8.69. The van der Waals surface area contributed by atoms with Crippen molar-refractivity contribution in [3.8, 4) is 23.1 Å². The van der Waals surface area contributed by atoms with Crippen LogP contribution in [0.5, 0.6) is 11.5 Å². The number of benzene rings is 1. The predicted octanol–water partition coefficient (Wildman–Crippen LogP) is 2.78. The van der Waals surface area contributed by atoms with Crippen LogP contribution in [0.15, 0.2) is 46.2 Å². The number of nitrogens with two attached hydrogens (primary N) is 1. The van der Waals surface area contributed by atoms with Gasteiger partial charge in [0.25, 0.3) is 0 Å². The number of nitrogen functional groups attached to an aromatic ring is 1. The quantitative estimate of drug-likeness (QED) is 0.414. The van der Waals surface area contributed by atoms with Crippen LogP contribution in [0.4, 0.5) is 5.69 Å². The highest BCUT2D eigenvalue weighted by molar-refractivity contribution is 7.99. The summed E-state index contributed by atoms with van der Waals surface area (Å²) < 4.78 is 17.6. The van der Waals surface area contributed by atoms with Crippen LogP contribution in [0.1, 0.15) is 13.8 Å². The van der Waals surface area contributed by atoms with Crippen molar-refractivity contribution in [2.24, 2.45) is 0 Å². The Morgan fingerprint density at radius 3 is 2.71 bits per heavy atom. The minimum atomic E-state index is -0.209. The number of carbonyl (C=O) groups is 1. The van der Waals surface area contributed by atoms with Crippen LogP contribution in [-0.4, -0.2) is 39.7 Å². The topological polar surface area (TPSA) is 117 Å². The van der Waals surface area contributed by atoms with Gasteiger partial charge < -0.3 is 25.1 Å². The van der Waals surface area contributed by atoms with Crippen LogP contribution in [-0.2, 0) is 4.79 Å². The van der Waals surface area contributed by atoms with Gasteiger partial charge in [0.05, 0.1) is 25.2 Å². The molecule has 0 aliphatic carbocycles. The molecule has 2 aromatic heterocycles. The van der Waals surface area contributed by atoms with E-state index < -0.39 is 0 Å². The molecule has 0 saturated heterocycles. The zero-order valence-electron chi connectivity index (χ0n) is 15.5. The number of aromatic nitrogens is 3. The van der Waals surface area contributed by atoms with E-state index in [1.807, 2.05) is 13.8 Å². The van der Waals surface area contributed by atoms with Crippen LogP contribution in [0.2, 0.25) is 0 Å². The Balaban J connectivity index is 1.61.